The quantitative estimate of drug-likeness (QED) is 0.636. The zero-order valence-corrected chi connectivity index (χ0v) is 9.02. The first-order chi connectivity index (χ1) is 6.20. The Morgan fingerprint density at radius 1 is 1.38 bits per heavy atom. The minimum absolute atomic E-state index is 1.12. The average Bonchev–Trinajstić information content (AvgIpc) is 2.17. The van der Waals surface area contributed by atoms with E-state index in [1.165, 1.54) is 22.3 Å². The third-order valence-electron chi connectivity index (χ3n) is 2.68. The topological polar surface area (TPSA) is 0 Å². The Morgan fingerprint density at radius 3 is 2.62 bits per heavy atom. The van der Waals surface area contributed by atoms with Crippen LogP contribution in [-0.4, -0.2) is 0 Å². The fourth-order valence-corrected chi connectivity index (χ4v) is 1.65. The molecule has 0 bridgehead atoms. The largest absolute Gasteiger partial charge is 0.0841 e. The molecular formula is C13H18. The summed E-state index contributed by atoms with van der Waals surface area (Å²) in [6.45, 7) is 8.67. The second-order valence-corrected chi connectivity index (χ2v) is 3.41. The van der Waals surface area contributed by atoms with Crippen LogP contribution < -0.4 is 0 Å². The van der Waals surface area contributed by atoms with Gasteiger partial charge in [0.1, 0.15) is 0 Å². The molecule has 0 aliphatic carbocycles. The van der Waals surface area contributed by atoms with Gasteiger partial charge in [0.25, 0.3) is 0 Å². The van der Waals surface area contributed by atoms with E-state index in [1.807, 2.05) is 0 Å². The Morgan fingerprint density at radius 2 is 2.08 bits per heavy atom. The molecule has 0 saturated carbocycles. The molecule has 0 radical (unpaired) electrons. The van der Waals surface area contributed by atoms with Crippen LogP contribution in [0.3, 0.4) is 0 Å². The molecule has 0 heteroatoms. The summed E-state index contributed by atoms with van der Waals surface area (Å²) in [5.74, 6) is 0. The van der Waals surface area contributed by atoms with Gasteiger partial charge in [-0.1, -0.05) is 31.2 Å². The highest BCUT2D eigenvalue weighted by molar-refractivity contribution is 5.67. The van der Waals surface area contributed by atoms with Crippen LogP contribution in [0.2, 0.25) is 0 Å². The van der Waals surface area contributed by atoms with Crippen molar-refractivity contribution in [3.8, 4) is 0 Å². The van der Waals surface area contributed by atoms with E-state index in [0.717, 1.165) is 6.42 Å². The van der Waals surface area contributed by atoms with Crippen molar-refractivity contribution >= 4 is 5.57 Å². The smallest absolute Gasteiger partial charge is 0.0199 e. The Balaban J connectivity index is 3.23. The molecule has 0 spiro atoms. The lowest BCUT2D eigenvalue weighted by atomic mass is 9.96. The molecule has 70 valence electrons. The van der Waals surface area contributed by atoms with Gasteiger partial charge in [0.05, 0.1) is 0 Å². The molecular weight excluding hydrogens is 156 g/mol. The molecule has 0 aliphatic rings. The maximum atomic E-state index is 2.21. The number of aryl methyl sites for hydroxylation is 1. The summed E-state index contributed by atoms with van der Waals surface area (Å²) in [5.41, 5.74) is 5.65. The monoisotopic (exact) mass is 174 g/mol. The molecule has 0 fully saturated rings. The molecule has 0 N–H and O–H groups in total. The zero-order chi connectivity index (χ0) is 9.84. The summed E-state index contributed by atoms with van der Waals surface area (Å²) in [7, 11) is 0. The molecule has 0 nitrogen and oxygen atoms in total. The lowest BCUT2D eigenvalue weighted by Gasteiger charge is -2.09. The van der Waals surface area contributed by atoms with E-state index >= 15 is 0 Å². The number of hydrogen-bond acceptors (Lipinski definition) is 0. The molecule has 0 aliphatic heterocycles. The van der Waals surface area contributed by atoms with Crippen LogP contribution in [0, 0.1) is 6.92 Å². The maximum Gasteiger partial charge on any atom is -0.0199 e. The van der Waals surface area contributed by atoms with Crippen molar-refractivity contribution in [3.63, 3.8) is 0 Å². The van der Waals surface area contributed by atoms with Crippen LogP contribution in [0.25, 0.3) is 5.57 Å². The third-order valence-corrected chi connectivity index (χ3v) is 2.68. The van der Waals surface area contributed by atoms with Crippen molar-refractivity contribution < 1.29 is 0 Å². The first-order valence-electron chi connectivity index (χ1n) is 4.92. The van der Waals surface area contributed by atoms with E-state index < -0.39 is 0 Å². The highest BCUT2D eigenvalue weighted by Gasteiger charge is 2.02. The fraction of sp³-hybridized carbons (Fsp3) is 0.385. The summed E-state index contributed by atoms with van der Waals surface area (Å²) in [4.78, 5) is 0. The second-order valence-electron chi connectivity index (χ2n) is 3.41. The summed E-state index contributed by atoms with van der Waals surface area (Å²) < 4.78 is 0. The second kappa shape index (κ2) is 4.27. The van der Waals surface area contributed by atoms with Gasteiger partial charge in [-0.05, 0) is 49.5 Å². The molecule has 0 heterocycles. The number of allylic oxidation sites excluding steroid dienone is 2. The standard InChI is InChI=1S/C13H18/c1-5-10(3)13-9-7-8-12(6-2)11(13)4/h5,7-9H,6H2,1-4H3/b10-5+. The molecule has 0 aromatic heterocycles. The van der Waals surface area contributed by atoms with Crippen LogP contribution in [0.5, 0.6) is 0 Å². The van der Waals surface area contributed by atoms with E-state index in [9.17, 15) is 0 Å². The van der Waals surface area contributed by atoms with Gasteiger partial charge in [0.15, 0.2) is 0 Å². The van der Waals surface area contributed by atoms with Gasteiger partial charge in [-0.25, -0.2) is 0 Å². The highest BCUT2D eigenvalue weighted by Crippen LogP contribution is 2.21. The van der Waals surface area contributed by atoms with Gasteiger partial charge in [0, 0.05) is 0 Å². The van der Waals surface area contributed by atoms with Crippen LogP contribution >= 0.6 is 0 Å². The summed E-state index contributed by atoms with van der Waals surface area (Å²) in [6.07, 6.45) is 3.29. The van der Waals surface area contributed by atoms with Crippen LogP contribution in [-0.2, 0) is 6.42 Å². The van der Waals surface area contributed by atoms with E-state index in [-0.39, 0.29) is 0 Å². The Hall–Kier alpha value is -1.04. The Kier molecular flexibility index (Phi) is 3.30. The van der Waals surface area contributed by atoms with Gasteiger partial charge in [-0.3, -0.25) is 0 Å². The van der Waals surface area contributed by atoms with Gasteiger partial charge < -0.3 is 0 Å². The molecule has 0 amide bonds. The van der Waals surface area contributed by atoms with Gasteiger partial charge >= 0.3 is 0 Å². The molecule has 1 rings (SSSR count). The van der Waals surface area contributed by atoms with Gasteiger partial charge in [-0.15, -0.1) is 0 Å². The van der Waals surface area contributed by atoms with E-state index in [4.69, 9.17) is 0 Å². The van der Waals surface area contributed by atoms with Gasteiger partial charge in [-0.2, -0.15) is 0 Å². The Bertz CT molecular complexity index is 319. The van der Waals surface area contributed by atoms with Crippen LogP contribution in [0.1, 0.15) is 37.5 Å². The summed E-state index contributed by atoms with van der Waals surface area (Å²) in [6, 6.07) is 6.56. The minimum atomic E-state index is 1.12. The maximum absolute atomic E-state index is 2.21. The first-order valence-corrected chi connectivity index (χ1v) is 4.92. The van der Waals surface area contributed by atoms with Crippen molar-refractivity contribution in [1.29, 1.82) is 0 Å². The number of rotatable bonds is 2. The van der Waals surface area contributed by atoms with E-state index in [1.54, 1.807) is 0 Å². The number of hydrogen-bond donors (Lipinski definition) is 0. The molecule has 0 atom stereocenters. The lowest BCUT2D eigenvalue weighted by molar-refractivity contribution is 1.10. The normalized spacial score (nSPS) is 11.8. The van der Waals surface area contributed by atoms with Crippen LogP contribution in [0.4, 0.5) is 0 Å². The van der Waals surface area contributed by atoms with E-state index in [2.05, 4.69) is 52.0 Å². The predicted octanol–water partition coefficient (Wildman–Crippen LogP) is 3.98. The van der Waals surface area contributed by atoms with Crippen molar-refractivity contribution in [2.24, 2.45) is 0 Å². The summed E-state index contributed by atoms with van der Waals surface area (Å²) in [5, 5.41) is 0. The van der Waals surface area contributed by atoms with Crippen molar-refractivity contribution in [3.05, 3.63) is 41.0 Å². The van der Waals surface area contributed by atoms with Crippen molar-refractivity contribution in [2.45, 2.75) is 34.1 Å². The molecule has 0 saturated heterocycles. The lowest BCUT2D eigenvalue weighted by Crippen LogP contribution is -1.91. The average molecular weight is 174 g/mol. The molecule has 1 aromatic carbocycles. The Labute approximate surface area is 81.3 Å². The van der Waals surface area contributed by atoms with Crippen molar-refractivity contribution in [2.75, 3.05) is 0 Å². The first kappa shape index (κ1) is 10.0. The number of benzene rings is 1. The van der Waals surface area contributed by atoms with E-state index in [0.29, 0.717) is 0 Å². The van der Waals surface area contributed by atoms with Crippen molar-refractivity contribution in [1.82, 2.24) is 0 Å². The predicted molar refractivity (Wildman–Crippen MR) is 59.9 cm³/mol. The highest BCUT2D eigenvalue weighted by atomic mass is 14.1. The third kappa shape index (κ3) is 2.00. The van der Waals surface area contributed by atoms with Gasteiger partial charge in [0.2, 0.25) is 0 Å². The molecule has 0 unspecified atom stereocenters. The summed E-state index contributed by atoms with van der Waals surface area (Å²) >= 11 is 0. The SMILES string of the molecule is C/C=C(\C)c1cccc(CC)c1C. The zero-order valence-electron chi connectivity index (χ0n) is 9.02. The minimum Gasteiger partial charge on any atom is -0.0841 e. The molecule has 13 heavy (non-hydrogen) atoms. The van der Waals surface area contributed by atoms with Crippen LogP contribution in [0.15, 0.2) is 24.3 Å². The fourth-order valence-electron chi connectivity index (χ4n) is 1.65. The molecule has 1 aromatic rings.